The Bertz CT molecular complexity index is 594. The summed E-state index contributed by atoms with van der Waals surface area (Å²) in [4.78, 5) is 0. The van der Waals surface area contributed by atoms with Crippen molar-refractivity contribution in [2.75, 3.05) is 0 Å². The minimum absolute atomic E-state index is 0.408. The van der Waals surface area contributed by atoms with Gasteiger partial charge in [-0.3, -0.25) is 4.68 Å². The average molecular weight is 295 g/mol. The van der Waals surface area contributed by atoms with Gasteiger partial charge in [0.15, 0.2) is 0 Å². The van der Waals surface area contributed by atoms with Gasteiger partial charge in [0, 0.05) is 17.6 Å². The van der Waals surface area contributed by atoms with Crippen molar-refractivity contribution < 1.29 is 9.84 Å². The molecule has 5 heteroatoms. The zero-order valence-electron chi connectivity index (χ0n) is 11.9. The molecule has 2 rings (SSSR count). The van der Waals surface area contributed by atoms with Crippen LogP contribution < -0.4 is 4.74 Å². The van der Waals surface area contributed by atoms with Crippen molar-refractivity contribution in [3.8, 4) is 5.75 Å². The Morgan fingerprint density at radius 1 is 1.40 bits per heavy atom. The Hall–Kier alpha value is -1.52. The molecule has 0 aliphatic rings. The van der Waals surface area contributed by atoms with Gasteiger partial charge in [-0.15, -0.1) is 0 Å². The number of aliphatic hydroxyl groups is 1. The number of nitrogens with zero attached hydrogens (tertiary/aromatic N) is 2. The Balaban J connectivity index is 2.16. The van der Waals surface area contributed by atoms with Gasteiger partial charge in [0.05, 0.1) is 17.5 Å². The monoisotopic (exact) mass is 294 g/mol. The number of rotatable bonds is 5. The van der Waals surface area contributed by atoms with Crippen molar-refractivity contribution in [1.29, 1.82) is 0 Å². The normalized spacial score (nSPS) is 12.4. The van der Waals surface area contributed by atoms with E-state index in [-0.39, 0.29) is 0 Å². The second-order valence-electron chi connectivity index (χ2n) is 4.75. The van der Waals surface area contributed by atoms with E-state index < -0.39 is 6.10 Å². The summed E-state index contributed by atoms with van der Waals surface area (Å²) < 4.78 is 7.61. The van der Waals surface area contributed by atoms with Crippen LogP contribution in [0.2, 0.25) is 5.02 Å². The van der Waals surface area contributed by atoms with Crippen molar-refractivity contribution >= 4 is 11.6 Å². The second kappa shape index (κ2) is 6.29. The number of aromatic nitrogens is 2. The Morgan fingerprint density at radius 3 is 2.75 bits per heavy atom. The van der Waals surface area contributed by atoms with E-state index in [1.165, 1.54) is 0 Å². The minimum atomic E-state index is -0.624. The van der Waals surface area contributed by atoms with Crippen LogP contribution in [0.15, 0.2) is 24.3 Å². The predicted molar refractivity (Wildman–Crippen MR) is 79.0 cm³/mol. The van der Waals surface area contributed by atoms with Gasteiger partial charge in [-0.25, -0.2) is 0 Å². The topological polar surface area (TPSA) is 47.3 Å². The van der Waals surface area contributed by atoms with Gasteiger partial charge in [-0.05, 0) is 37.6 Å². The van der Waals surface area contributed by atoms with Gasteiger partial charge in [0.1, 0.15) is 12.4 Å². The first-order valence-corrected chi connectivity index (χ1v) is 7.01. The van der Waals surface area contributed by atoms with Crippen LogP contribution in [0.5, 0.6) is 5.75 Å². The highest BCUT2D eigenvalue weighted by Crippen LogP contribution is 2.28. The summed E-state index contributed by atoms with van der Waals surface area (Å²) in [7, 11) is 1.90. The molecule has 108 valence electrons. The third-order valence-electron chi connectivity index (χ3n) is 3.19. The summed E-state index contributed by atoms with van der Waals surface area (Å²) in [6.45, 7) is 4.17. The summed E-state index contributed by atoms with van der Waals surface area (Å²) >= 11 is 5.94. The van der Waals surface area contributed by atoms with Gasteiger partial charge < -0.3 is 9.84 Å². The largest absolute Gasteiger partial charge is 0.487 e. The first-order chi connectivity index (χ1) is 9.51. The molecule has 0 radical (unpaired) electrons. The first-order valence-electron chi connectivity index (χ1n) is 6.63. The highest BCUT2D eigenvalue weighted by atomic mass is 35.5. The van der Waals surface area contributed by atoms with Crippen LogP contribution >= 0.6 is 11.6 Å². The molecule has 0 aliphatic carbocycles. The summed E-state index contributed by atoms with van der Waals surface area (Å²) in [5.41, 5.74) is 2.72. The van der Waals surface area contributed by atoms with Gasteiger partial charge in [0.25, 0.3) is 0 Å². The maximum atomic E-state index is 9.77. The van der Waals surface area contributed by atoms with E-state index in [2.05, 4.69) is 12.0 Å². The van der Waals surface area contributed by atoms with Crippen molar-refractivity contribution in [2.45, 2.75) is 33.0 Å². The minimum Gasteiger partial charge on any atom is -0.487 e. The third kappa shape index (κ3) is 3.32. The highest BCUT2D eigenvalue weighted by Gasteiger charge is 2.11. The molecule has 1 atom stereocenters. The van der Waals surface area contributed by atoms with E-state index in [1.807, 2.05) is 17.8 Å². The lowest BCUT2D eigenvalue weighted by Crippen LogP contribution is -2.05. The van der Waals surface area contributed by atoms with Crippen LogP contribution in [0.25, 0.3) is 0 Å². The van der Waals surface area contributed by atoms with Crippen LogP contribution in [-0.2, 0) is 20.1 Å². The molecule has 4 nitrogen and oxygen atoms in total. The standard InChI is InChI=1S/C15H19ClN2O2/c1-4-12-8-13(18(3)17-12)9-20-15-6-5-11(16)7-14(15)10(2)19/h5-8,10,19H,4,9H2,1-3H3/t10-/m1/s1. The van der Waals surface area contributed by atoms with E-state index in [0.29, 0.717) is 22.9 Å². The molecular formula is C15H19ClN2O2. The molecule has 0 unspecified atom stereocenters. The molecule has 0 bridgehead atoms. The summed E-state index contributed by atoms with van der Waals surface area (Å²) in [6.07, 6.45) is 0.273. The number of benzene rings is 1. The Labute approximate surface area is 123 Å². The van der Waals surface area contributed by atoms with Crippen LogP contribution in [0.3, 0.4) is 0 Å². The second-order valence-corrected chi connectivity index (χ2v) is 5.19. The molecule has 0 amide bonds. The fourth-order valence-corrected chi connectivity index (χ4v) is 2.19. The summed E-state index contributed by atoms with van der Waals surface area (Å²) in [5.74, 6) is 0.642. The molecule has 1 N–H and O–H groups in total. The van der Waals surface area contributed by atoms with E-state index in [1.54, 1.807) is 25.1 Å². The van der Waals surface area contributed by atoms with Gasteiger partial charge in [-0.1, -0.05) is 18.5 Å². The van der Waals surface area contributed by atoms with Crippen LogP contribution in [0.1, 0.15) is 36.9 Å². The number of hydrogen-bond acceptors (Lipinski definition) is 3. The molecular weight excluding hydrogens is 276 g/mol. The summed E-state index contributed by atoms with van der Waals surface area (Å²) in [5, 5.41) is 14.7. The average Bonchev–Trinajstić information content (AvgIpc) is 2.78. The first kappa shape index (κ1) is 14.9. The smallest absolute Gasteiger partial charge is 0.130 e. The number of ether oxygens (including phenoxy) is 1. The Morgan fingerprint density at radius 2 is 2.15 bits per heavy atom. The zero-order chi connectivity index (χ0) is 14.7. The molecule has 1 heterocycles. The zero-order valence-corrected chi connectivity index (χ0v) is 12.7. The Kier molecular flexibility index (Phi) is 4.68. The van der Waals surface area contributed by atoms with Gasteiger partial charge >= 0.3 is 0 Å². The van der Waals surface area contributed by atoms with E-state index >= 15 is 0 Å². The SMILES string of the molecule is CCc1cc(COc2ccc(Cl)cc2[C@@H](C)O)n(C)n1. The fraction of sp³-hybridized carbons (Fsp3) is 0.400. The lowest BCUT2D eigenvalue weighted by Gasteiger charge is -2.13. The third-order valence-corrected chi connectivity index (χ3v) is 3.42. The van der Waals surface area contributed by atoms with Crippen molar-refractivity contribution in [3.05, 3.63) is 46.2 Å². The lowest BCUT2D eigenvalue weighted by atomic mass is 10.1. The molecule has 20 heavy (non-hydrogen) atoms. The van der Waals surface area contributed by atoms with Gasteiger partial charge in [0.2, 0.25) is 0 Å². The summed E-state index contributed by atoms with van der Waals surface area (Å²) in [6, 6.07) is 7.28. The number of halogens is 1. The van der Waals surface area contributed by atoms with Crippen LogP contribution in [0, 0.1) is 0 Å². The number of aliphatic hydroxyl groups excluding tert-OH is 1. The molecule has 1 aromatic heterocycles. The van der Waals surface area contributed by atoms with E-state index in [0.717, 1.165) is 17.8 Å². The van der Waals surface area contributed by atoms with E-state index in [4.69, 9.17) is 16.3 Å². The van der Waals surface area contributed by atoms with Crippen molar-refractivity contribution in [3.63, 3.8) is 0 Å². The molecule has 0 saturated carbocycles. The number of aryl methyl sites for hydroxylation is 2. The lowest BCUT2D eigenvalue weighted by molar-refractivity contribution is 0.189. The molecule has 0 saturated heterocycles. The molecule has 0 fully saturated rings. The predicted octanol–water partition coefficient (Wildman–Crippen LogP) is 3.27. The van der Waals surface area contributed by atoms with E-state index in [9.17, 15) is 5.11 Å². The molecule has 0 aliphatic heterocycles. The quantitative estimate of drug-likeness (QED) is 0.920. The maximum Gasteiger partial charge on any atom is 0.130 e. The molecule has 2 aromatic rings. The highest BCUT2D eigenvalue weighted by molar-refractivity contribution is 6.30. The number of hydrogen-bond donors (Lipinski definition) is 1. The van der Waals surface area contributed by atoms with Crippen molar-refractivity contribution in [1.82, 2.24) is 9.78 Å². The van der Waals surface area contributed by atoms with Crippen molar-refractivity contribution in [2.24, 2.45) is 7.05 Å². The van der Waals surface area contributed by atoms with Crippen LogP contribution in [-0.4, -0.2) is 14.9 Å². The molecule has 1 aromatic carbocycles. The van der Waals surface area contributed by atoms with Crippen LogP contribution in [0.4, 0.5) is 0 Å². The van der Waals surface area contributed by atoms with Gasteiger partial charge in [-0.2, -0.15) is 5.10 Å². The molecule has 0 spiro atoms. The maximum absolute atomic E-state index is 9.77. The fourth-order valence-electron chi connectivity index (χ4n) is 2.01.